The maximum Gasteiger partial charge on any atom is 0.153 e. The van der Waals surface area contributed by atoms with Crippen LogP contribution in [0, 0.1) is 5.82 Å². The minimum absolute atomic E-state index is 0.0346. The van der Waals surface area contributed by atoms with Gasteiger partial charge in [-0.3, -0.25) is 0 Å². The number of nitrogens with two attached hydrogens (primary N) is 1. The molecule has 2 aromatic rings. The average molecular weight is 259 g/mol. The van der Waals surface area contributed by atoms with Crippen molar-refractivity contribution in [2.45, 2.75) is 26.2 Å². The molecule has 0 atom stereocenters. The summed E-state index contributed by atoms with van der Waals surface area (Å²) in [6.45, 7) is 6.38. The van der Waals surface area contributed by atoms with Gasteiger partial charge in [-0.2, -0.15) is 0 Å². The predicted octanol–water partition coefficient (Wildman–Crippen LogP) is 4.50. The molecule has 0 heterocycles. The molecule has 0 aromatic heterocycles. The van der Waals surface area contributed by atoms with E-state index in [1.165, 1.54) is 18.2 Å². The number of nitrogen functional groups attached to an aromatic ring is 1. The molecule has 0 fully saturated rings. The summed E-state index contributed by atoms with van der Waals surface area (Å²) in [7, 11) is 0. The lowest BCUT2D eigenvalue weighted by Gasteiger charge is -2.20. The van der Waals surface area contributed by atoms with E-state index in [0.29, 0.717) is 17.2 Å². The third-order valence-corrected chi connectivity index (χ3v) is 2.90. The van der Waals surface area contributed by atoms with Crippen LogP contribution >= 0.6 is 0 Å². The smallest absolute Gasteiger partial charge is 0.153 e. The van der Waals surface area contributed by atoms with Gasteiger partial charge in [0.15, 0.2) is 5.75 Å². The first-order valence-corrected chi connectivity index (χ1v) is 6.20. The van der Waals surface area contributed by atoms with Crippen molar-refractivity contribution in [1.29, 1.82) is 0 Å². The van der Waals surface area contributed by atoms with Crippen molar-refractivity contribution in [1.82, 2.24) is 0 Å². The van der Waals surface area contributed by atoms with Crippen molar-refractivity contribution in [3.8, 4) is 11.5 Å². The van der Waals surface area contributed by atoms with E-state index in [2.05, 4.69) is 20.8 Å². The molecule has 0 bridgehead atoms. The van der Waals surface area contributed by atoms with Gasteiger partial charge in [-0.25, -0.2) is 4.39 Å². The normalized spacial score (nSPS) is 11.4. The molecule has 2 rings (SSSR count). The molecule has 0 aliphatic heterocycles. The highest BCUT2D eigenvalue weighted by Gasteiger charge is 2.14. The zero-order valence-electron chi connectivity index (χ0n) is 11.4. The monoisotopic (exact) mass is 259 g/mol. The summed E-state index contributed by atoms with van der Waals surface area (Å²) in [6, 6.07) is 11.8. The molecule has 0 amide bonds. The molecular formula is C16H18FNO. The van der Waals surface area contributed by atoms with Gasteiger partial charge in [0, 0.05) is 6.07 Å². The summed E-state index contributed by atoms with van der Waals surface area (Å²) in [5, 5.41) is 0. The summed E-state index contributed by atoms with van der Waals surface area (Å²) < 4.78 is 18.8. The van der Waals surface area contributed by atoms with Gasteiger partial charge < -0.3 is 10.5 Å². The minimum Gasteiger partial charge on any atom is -0.455 e. The molecule has 0 saturated heterocycles. The van der Waals surface area contributed by atoms with Crippen molar-refractivity contribution in [3.63, 3.8) is 0 Å². The van der Waals surface area contributed by atoms with Gasteiger partial charge in [0.2, 0.25) is 0 Å². The minimum atomic E-state index is -0.365. The zero-order valence-corrected chi connectivity index (χ0v) is 11.4. The Bertz CT molecular complexity index is 588. The lowest BCUT2D eigenvalue weighted by molar-refractivity contribution is 0.475. The van der Waals surface area contributed by atoms with Crippen LogP contribution in [0.25, 0.3) is 0 Å². The Morgan fingerprint density at radius 3 is 2.47 bits per heavy atom. The molecule has 19 heavy (non-hydrogen) atoms. The second kappa shape index (κ2) is 4.92. The number of benzene rings is 2. The van der Waals surface area contributed by atoms with Crippen LogP contribution in [-0.4, -0.2) is 0 Å². The molecule has 0 aliphatic rings. The van der Waals surface area contributed by atoms with E-state index < -0.39 is 0 Å². The molecule has 0 aliphatic carbocycles. The fourth-order valence-corrected chi connectivity index (χ4v) is 1.75. The lowest BCUT2D eigenvalue weighted by Crippen LogP contribution is -2.10. The van der Waals surface area contributed by atoms with Gasteiger partial charge in [0.1, 0.15) is 11.6 Å². The molecule has 0 spiro atoms. The van der Waals surface area contributed by atoms with Crippen molar-refractivity contribution in [2.75, 3.05) is 5.73 Å². The highest BCUT2D eigenvalue weighted by atomic mass is 19.1. The number of hydrogen-bond donors (Lipinski definition) is 1. The molecule has 2 nitrogen and oxygen atoms in total. The van der Waals surface area contributed by atoms with Gasteiger partial charge in [-0.15, -0.1) is 0 Å². The van der Waals surface area contributed by atoms with Crippen molar-refractivity contribution in [3.05, 3.63) is 53.8 Å². The van der Waals surface area contributed by atoms with Gasteiger partial charge in [0.05, 0.1) is 5.69 Å². The van der Waals surface area contributed by atoms with Gasteiger partial charge in [-0.1, -0.05) is 32.9 Å². The summed E-state index contributed by atoms with van der Waals surface area (Å²) in [4.78, 5) is 0. The number of anilines is 1. The first-order valence-electron chi connectivity index (χ1n) is 6.20. The maximum atomic E-state index is 13.2. The van der Waals surface area contributed by atoms with Crippen molar-refractivity contribution < 1.29 is 9.13 Å². The number of ether oxygens (including phenoxy) is 1. The summed E-state index contributed by atoms with van der Waals surface area (Å²) >= 11 is 0. The van der Waals surface area contributed by atoms with Crippen molar-refractivity contribution >= 4 is 5.69 Å². The standard InChI is InChI=1S/C16H18FNO/c1-16(2,3)11-5-4-6-13(9-11)19-15-10-12(17)7-8-14(15)18/h4-10H,18H2,1-3H3. The highest BCUT2D eigenvalue weighted by molar-refractivity contribution is 5.54. The van der Waals surface area contributed by atoms with E-state index in [-0.39, 0.29) is 11.2 Å². The predicted molar refractivity (Wildman–Crippen MR) is 76.0 cm³/mol. The summed E-state index contributed by atoms with van der Waals surface area (Å²) in [6.07, 6.45) is 0. The second-order valence-electron chi connectivity index (χ2n) is 5.56. The van der Waals surface area contributed by atoms with E-state index >= 15 is 0 Å². The Morgan fingerprint density at radius 1 is 1.05 bits per heavy atom. The maximum absolute atomic E-state index is 13.2. The zero-order chi connectivity index (χ0) is 14.0. The van der Waals surface area contributed by atoms with Crippen LogP contribution in [0.4, 0.5) is 10.1 Å². The van der Waals surface area contributed by atoms with E-state index in [1.54, 1.807) is 0 Å². The molecule has 2 N–H and O–H groups in total. The summed E-state index contributed by atoms with van der Waals surface area (Å²) in [5.41, 5.74) is 7.38. The fourth-order valence-electron chi connectivity index (χ4n) is 1.75. The Balaban J connectivity index is 2.31. The fraction of sp³-hybridized carbons (Fsp3) is 0.250. The molecule has 0 unspecified atom stereocenters. The molecule has 100 valence electrons. The third kappa shape index (κ3) is 3.25. The van der Waals surface area contributed by atoms with E-state index in [1.807, 2.05) is 24.3 Å². The van der Waals surface area contributed by atoms with Gasteiger partial charge in [-0.05, 0) is 35.2 Å². The SMILES string of the molecule is CC(C)(C)c1cccc(Oc2cc(F)ccc2N)c1. The topological polar surface area (TPSA) is 35.2 Å². The third-order valence-electron chi connectivity index (χ3n) is 2.90. The number of hydrogen-bond acceptors (Lipinski definition) is 2. The van der Waals surface area contributed by atoms with Crippen LogP contribution in [-0.2, 0) is 5.41 Å². The quantitative estimate of drug-likeness (QED) is 0.806. The Labute approximate surface area is 113 Å². The van der Waals surface area contributed by atoms with Gasteiger partial charge >= 0.3 is 0 Å². The van der Waals surface area contributed by atoms with Crippen LogP contribution in [0.3, 0.4) is 0 Å². The first kappa shape index (κ1) is 13.4. The van der Waals surface area contributed by atoms with E-state index in [0.717, 1.165) is 5.56 Å². The van der Waals surface area contributed by atoms with Crippen LogP contribution in [0.15, 0.2) is 42.5 Å². The van der Waals surface area contributed by atoms with Crippen LogP contribution in [0.5, 0.6) is 11.5 Å². The Hall–Kier alpha value is -2.03. The number of halogens is 1. The Morgan fingerprint density at radius 2 is 1.79 bits per heavy atom. The van der Waals surface area contributed by atoms with E-state index in [4.69, 9.17) is 10.5 Å². The number of rotatable bonds is 2. The second-order valence-corrected chi connectivity index (χ2v) is 5.56. The molecule has 3 heteroatoms. The van der Waals surface area contributed by atoms with Crippen LogP contribution in [0.2, 0.25) is 0 Å². The first-order chi connectivity index (χ1) is 8.86. The molecule has 2 aromatic carbocycles. The largest absolute Gasteiger partial charge is 0.455 e. The van der Waals surface area contributed by atoms with Crippen LogP contribution < -0.4 is 10.5 Å². The molecule has 0 saturated carbocycles. The molecule has 0 radical (unpaired) electrons. The van der Waals surface area contributed by atoms with Crippen LogP contribution in [0.1, 0.15) is 26.3 Å². The summed E-state index contributed by atoms with van der Waals surface area (Å²) in [5.74, 6) is 0.631. The highest BCUT2D eigenvalue weighted by Crippen LogP contribution is 2.31. The van der Waals surface area contributed by atoms with Gasteiger partial charge in [0.25, 0.3) is 0 Å². The van der Waals surface area contributed by atoms with Crippen molar-refractivity contribution in [2.24, 2.45) is 0 Å². The molecular weight excluding hydrogens is 241 g/mol. The average Bonchev–Trinajstić information content (AvgIpc) is 2.33. The van der Waals surface area contributed by atoms with E-state index in [9.17, 15) is 4.39 Å². The Kier molecular flexibility index (Phi) is 3.47. The lowest BCUT2D eigenvalue weighted by atomic mass is 9.87.